The minimum absolute atomic E-state index is 0.139. The van der Waals surface area contributed by atoms with E-state index in [4.69, 9.17) is 0 Å². The van der Waals surface area contributed by atoms with Gasteiger partial charge in [-0.3, -0.25) is 9.69 Å². The van der Waals surface area contributed by atoms with Gasteiger partial charge in [-0.15, -0.1) is 0 Å². The maximum Gasteiger partial charge on any atom is 0.233 e. The lowest BCUT2D eigenvalue weighted by Crippen LogP contribution is -2.49. The molecule has 1 saturated heterocycles. The summed E-state index contributed by atoms with van der Waals surface area (Å²) in [5.41, 5.74) is 0. The fraction of sp³-hybridized carbons (Fsp3) is 0.938. The first-order chi connectivity index (χ1) is 9.72. The Hall–Kier alpha value is -0.610. The van der Waals surface area contributed by atoms with Gasteiger partial charge >= 0.3 is 0 Å². The van der Waals surface area contributed by atoms with Crippen LogP contribution in [-0.4, -0.2) is 49.6 Å². The van der Waals surface area contributed by atoms with Crippen LogP contribution in [0.25, 0.3) is 0 Å². The number of likely N-dealkylation sites (tertiary alicyclic amines) is 1. The van der Waals surface area contributed by atoms with Gasteiger partial charge in [-0.1, -0.05) is 12.8 Å². The summed E-state index contributed by atoms with van der Waals surface area (Å²) < 4.78 is 0. The fourth-order valence-corrected chi connectivity index (χ4v) is 4.52. The predicted molar refractivity (Wildman–Crippen MR) is 80.5 cm³/mol. The maximum atomic E-state index is 11.4. The van der Waals surface area contributed by atoms with Crippen molar-refractivity contribution in [3.63, 3.8) is 0 Å². The Morgan fingerprint density at radius 1 is 1.00 bits per heavy atom. The van der Waals surface area contributed by atoms with Crippen molar-refractivity contribution >= 4 is 5.91 Å². The molecule has 0 aromatic rings. The number of likely N-dealkylation sites (N-methyl/N-ethyl adjacent to an activating group) is 1. The second-order valence-corrected chi connectivity index (χ2v) is 7.10. The lowest BCUT2D eigenvalue weighted by molar-refractivity contribution is -0.122. The van der Waals surface area contributed by atoms with Gasteiger partial charge in [0, 0.05) is 32.2 Å². The first-order valence-corrected chi connectivity index (χ1v) is 8.42. The van der Waals surface area contributed by atoms with Crippen molar-refractivity contribution in [3.8, 4) is 0 Å². The van der Waals surface area contributed by atoms with E-state index in [9.17, 15) is 4.79 Å². The van der Waals surface area contributed by atoms with Crippen molar-refractivity contribution in [1.82, 2.24) is 15.5 Å². The highest BCUT2D eigenvalue weighted by molar-refractivity contribution is 5.77. The van der Waals surface area contributed by atoms with Gasteiger partial charge in [-0.25, -0.2) is 0 Å². The molecule has 4 heteroatoms. The summed E-state index contributed by atoms with van der Waals surface area (Å²) in [5.74, 6) is 2.17. The van der Waals surface area contributed by atoms with Gasteiger partial charge in [0.2, 0.25) is 5.91 Å². The van der Waals surface area contributed by atoms with Crippen LogP contribution in [0.15, 0.2) is 0 Å². The smallest absolute Gasteiger partial charge is 0.233 e. The first-order valence-electron chi connectivity index (χ1n) is 8.42. The Balaban J connectivity index is 1.39. The molecule has 1 unspecified atom stereocenters. The lowest BCUT2D eigenvalue weighted by Gasteiger charge is -2.36. The molecule has 4 nitrogen and oxygen atoms in total. The van der Waals surface area contributed by atoms with Gasteiger partial charge in [0.25, 0.3) is 0 Å². The van der Waals surface area contributed by atoms with Crippen LogP contribution in [0.4, 0.5) is 0 Å². The van der Waals surface area contributed by atoms with E-state index in [1.54, 1.807) is 7.05 Å². The largest absolute Gasteiger partial charge is 0.358 e. The minimum Gasteiger partial charge on any atom is -0.358 e. The van der Waals surface area contributed by atoms with Gasteiger partial charge in [0.05, 0.1) is 6.54 Å². The molecule has 114 valence electrons. The summed E-state index contributed by atoms with van der Waals surface area (Å²) in [7, 11) is 1.72. The number of piperidine rings is 1. The number of amides is 1. The van der Waals surface area contributed by atoms with Crippen LogP contribution < -0.4 is 10.6 Å². The maximum absolute atomic E-state index is 11.4. The summed E-state index contributed by atoms with van der Waals surface area (Å²) in [6.45, 7) is 2.69. The number of hydrogen-bond donors (Lipinski definition) is 2. The summed E-state index contributed by atoms with van der Waals surface area (Å²) >= 11 is 0. The fourth-order valence-electron chi connectivity index (χ4n) is 4.52. The second-order valence-electron chi connectivity index (χ2n) is 7.10. The molecule has 0 aromatic carbocycles. The molecule has 2 aliphatic carbocycles. The van der Waals surface area contributed by atoms with E-state index >= 15 is 0 Å². The molecule has 0 aromatic heterocycles. The van der Waals surface area contributed by atoms with Crippen LogP contribution in [-0.2, 0) is 4.79 Å². The summed E-state index contributed by atoms with van der Waals surface area (Å²) in [5, 5.41) is 6.63. The van der Waals surface area contributed by atoms with Crippen molar-refractivity contribution in [3.05, 3.63) is 0 Å². The summed E-state index contributed by atoms with van der Waals surface area (Å²) in [4.78, 5) is 13.7. The number of nitrogens with zero attached hydrogens (tertiary/aromatic N) is 1. The number of fused-ring (bicyclic) bond motifs is 2. The van der Waals surface area contributed by atoms with Crippen LogP contribution >= 0.6 is 0 Å². The molecule has 0 radical (unpaired) electrons. The van der Waals surface area contributed by atoms with E-state index in [1.807, 2.05) is 0 Å². The predicted octanol–water partition coefficient (Wildman–Crippen LogP) is 1.37. The van der Waals surface area contributed by atoms with Crippen molar-refractivity contribution in [1.29, 1.82) is 0 Å². The van der Waals surface area contributed by atoms with Gasteiger partial charge in [-0.2, -0.15) is 0 Å². The molecule has 1 heterocycles. The molecular formula is C16H29N3O. The van der Waals surface area contributed by atoms with Gasteiger partial charge in [0.1, 0.15) is 0 Å². The third-order valence-electron chi connectivity index (χ3n) is 5.59. The molecule has 3 fully saturated rings. The van der Waals surface area contributed by atoms with E-state index in [2.05, 4.69) is 15.5 Å². The molecule has 2 N–H and O–H groups in total. The van der Waals surface area contributed by atoms with E-state index in [0.717, 1.165) is 31.0 Å². The summed E-state index contributed by atoms with van der Waals surface area (Å²) in [6.07, 6.45) is 9.68. The van der Waals surface area contributed by atoms with Crippen LogP contribution in [0.1, 0.15) is 44.9 Å². The Kier molecular flexibility index (Phi) is 4.61. The van der Waals surface area contributed by atoms with Crippen LogP contribution in [0, 0.1) is 11.8 Å². The van der Waals surface area contributed by atoms with E-state index < -0.39 is 0 Å². The highest BCUT2D eigenvalue weighted by Crippen LogP contribution is 2.42. The molecule has 1 amide bonds. The minimum atomic E-state index is 0.139. The van der Waals surface area contributed by atoms with Gasteiger partial charge in [0.15, 0.2) is 0 Å². The molecule has 0 spiro atoms. The van der Waals surface area contributed by atoms with Crippen LogP contribution in [0.3, 0.4) is 0 Å². The molecule has 3 aliphatic rings. The number of hydrogen-bond acceptors (Lipinski definition) is 3. The lowest BCUT2D eigenvalue weighted by atomic mass is 9.85. The standard InChI is InChI=1S/C16H29N3O/c1-17-16(20)11-19-6-4-14(5-7-19)18-15-9-12-2-3-13(8-12)10-15/h12-15,18H,2-11H2,1H3,(H,17,20)/t12-,13+,15?. The molecule has 20 heavy (non-hydrogen) atoms. The third kappa shape index (κ3) is 3.53. The SMILES string of the molecule is CNC(=O)CN1CCC(NC2C[C@H]3CC[C@@H](C2)C3)CC1. The Labute approximate surface area is 122 Å². The van der Waals surface area contributed by atoms with Crippen molar-refractivity contribution in [2.24, 2.45) is 11.8 Å². The van der Waals surface area contributed by atoms with Crippen LogP contribution in [0.5, 0.6) is 0 Å². The van der Waals surface area contributed by atoms with Gasteiger partial charge < -0.3 is 10.6 Å². The Morgan fingerprint density at radius 3 is 2.25 bits per heavy atom. The van der Waals surface area contributed by atoms with Gasteiger partial charge in [-0.05, 0) is 43.9 Å². The average Bonchev–Trinajstić information content (AvgIpc) is 2.80. The zero-order valence-electron chi connectivity index (χ0n) is 12.7. The van der Waals surface area contributed by atoms with Crippen molar-refractivity contribution in [2.45, 2.75) is 57.0 Å². The third-order valence-corrected chi connectivity index (χ3v) is 5.59. The van der Waals surface area contributed by atoms with E-state index in [-0.39, 0.29) is 5.91 Å². The molecule has 2 bridgehead atoms. The van der Waals surface area contributed by atoms with E-state index in [0.29, 0.717) is 12.6 Å². The zero-order chi connectivity index (χ0) is 13.9. The molecule has 2 saturated carbocycles. The zero-order valence-corrected chi connectivity index (χ0v) is 12.7. The first kappa shape index (κ1) is 14.3. The second kappa shape index (κ2) is 6.44. The van der Waals surface area contributed by atoms with Crippen LogP contribution in [0.2, 0.25) is 0 Å². The molecule has 3 atom stereocenters. The topological polar surface area (TPSA) is 44.4 Å². The quantitative estimate of drug-likeness (QED) is 0.817. The number of nitrogens with one attached hydrogen (secondary N) is 2. The summed E-state index contributed by atoms with van der Waals surface area (Å²) in [6, 6.07) is 1.45. The van der Waals surface area contributed by atoms with Crippen molar-refractivity contribution in [2.75, 3.05) is 26.7 Å². The number of carbonyl (C=O) groups excluding carboxylic acids is 1. The highest BCUT2D eigenvalue weighted by Gasteiger charge is 2.35. The highest BCUT2D eigenvalue weighted by atomic mass is 16.1. The molecule has 3 rings (SSSR count). The number of rotatable bonds is 4. The number of carbonyl (C=O) groups is 1. The monoisotopic (exact) mass is 279 g/mol. The molecular weight excluding hydrogens is 250 g/mol. The Morgan fingerprint density at radius 2 is 1.65 bits per heavy atom. The normalized spacial score (nSPS) is 35.1. The van der Waals surface area contributed by atoms with Crippen molar-refractivity contribution < 1.29 is 4.79 Å². The average molecular weight is 279 g/mol. The van der Waals surface area contributed by atoms with E-state index in [1.165, 1.54) is 44.9 Å². The Bertz CT molecular complexity index is 327. The molecule has 1 aliphatic heterocycles.